The second kappa shape index (κ2) is 6.19. The minimum absolute atomic E-state index is 0.329. The molecule has 106 valence electrons. The summed E-state index contributed by atoms with van der Waals surface area (Å²) in [5.74, 6) is 1.77. The quantitative estimate of drug-likeness (QED) is 0.877. The van der Waals surface area contributed by atoms with Crippen molar-refractivity contribution in [2.24, 2.45) is 0 Å². The van der Waals surface area contributed by atoms with Crippen molar-refractivity contribution in [3.05, 3.63) is 47.5 Å². The Kier molecular flexibility index (Phi) is 4.35. The highest BCUT2D eigenvalue weighted by Crippen LogP contribution is 2.27. The number of methoxy groups -OCH3 is 2. The van der Waals surface area contributed by atoms with Gasteiger partial charge in [0, 0.05) is 36.0 Å². The number of aromatic hydroxyl groups is 1. The monoisotopic (exact) mass is 273 g/mol. The molecule has 2 rings (SSSR count). The number of aryl methyl sites for hydroxylation is 1. The third-order valence-electron chi connectivity index (χ3n) is 3.16. The average Bonchev–Trinajstić information content (AvgIpc) is 2.48. The van der Waals surface area contributed by atoms with Gasteiger partial charge in [0.25, 0.3) is 0 Å². The molecule has 0 saturated carbocycles. The van der Waals surface area contributed by atoms with Gasteiger partial charge < -0.3 is 19.9 Å². The first-order chi connectivity index (χ1) is 9.63. The molecule has 0 fully saturated rings. The highest BCUT2D eigenvalue weighted by atomic mass is 16.5. The molecule has 0 aliphatic rings. The van der Waals surface area contributed by atoms with Crippen LogP contribution in [0.5, 0.6) is 17.2 Å². The molecule has 2 aromatic carbocycles. The molecule has 4 heteroatoms. The maximum absolute atomic E-state index is 9.99. The van der Waals surface area contributed by atoms with Gasteiger partial charge in [-0.25, -0.2) is 0 Å². The second-order valence-corrected chi connectivity index (χ2v) is 4.54. The minimum atomic E-state index is 0.329. The Labute approximate surface area is 119 Å². The van der Waals surface area contributed by atoms with Crippen LogP contribution in [0.25, 0.3) is 0 Å². The Balaban J connectivity index is 2.16. The van der Waals surface area contributed by atoms with Crippen LogP contribution in [0.15, 0.2) is 36.4 Å². The average molecular weight is 273 g/mol. The Morgan fingerprint density at radius 2 is 1.70 bits per heavy atom. The fraction of sp³-hybridized carbons (Fsp3) is 0.250. The van der Waals surface area contributed by atoms with E-state index in [4.69, 9.17) is 9.47 Å². The van der Waals surface area contributed by atoms with Gasteiger partial charge in [0.15, 0.2) is 0 Å². The van der Waals surface area contributed by atoms with E-state index in [0.717, 1.165) is 28.3 Å². The molecule has 0 bridgehead atoms. The van der Waals surface area contributed by atoms with Crippen molar-refractivity contribution in [3.8, 4) is 17.2 Å². The van der Waals surface area contributed by atoms with Gasteiger partial charge in [-0.3, -0.25) is 0 Å². The summed E-state index contributed by atoms with van der Waals surface area (Å²) in [5, 5.41) is 13.2. The summed E-state index contributed by atoms with van der Waals surface area (Å²) >= 11 is 0. The van der Waals surface area contributed by atoms with Crippen LogP contribution in [0, 0.1) is 6.92 Å². The third-order valence-corrected chi connectivity index (χ3v) is 3.16. The molecule has 0 saturated heterocycles. The number of anilines is 1. The van der Waals surface area contributed by atoms with Gasteiger partial charge in [0.1, 0.15) is 17.2 Å². The molecule has 2 aromatic rings. The fourth-order valence-electron chi connectivity index (χ4n) is 1.97. The number of hydrogen-bond donors (Lipinski definition) is 2. The van der Waals surface area contributed by atoms with E-state index in [-0.39, 0.29) is 0 Å². The van der Waals surface area contributed by atoms with Gasteiger partial charge in [-0.15, -0.1) is 0 Å². The predicted molar refractivity (Wildman–Crippen MR) is 79.7 cm³/mol. The SMILES string of the molecule is COc1cc(NCc2cccc(C)c2O)cc(OC)c1. The number of phenols is 1. The van der Waals surface area contributed by atoms with Crippen molar-refractivity contribution < 1.29 is 14.6 Å². The number of nitrogens with one attached hydrogen (secondary N) is 1. The molecule has 0 unspecified atom stereocenters. The second-order valence-electron chi connectivity index (χ2n) is 4.54. The van der Waals surface area contributed by atoms with Crippen molar-refractivity contribution in [3.63, 3.8) is 0 Å². The van der Waals surface area contributed by atoms with Gasteiger partial charge in [-0.05, 0) is 12.5 Å². The van der Waals surface area contributed by atoms with E-state index in [0.29, 0.717) is 12.3 Å². The van der Waals surface area contributed by atoms with E-state index in [1.54, 1.807) is 14.2 Å². The third kappa shape index (κ3) is 3.15. The molecule has 0 heterocycles. The van der Waals surface area contributed by atoms with Crippen molar-refractivity contribution >= 4 is 5.69 Å². The van der Waals surface area contributed by atoms with Crippen LogP contribution in [-0.2, 0) is 6.54 Å². The first kappa shape index (κ1) is 14.1. The Morgan fingerprint density at radius 1 is 1.05 bits per heavy atom. The van der Waals surface area contributed by atoms with E-state index < -0.39 is 0 Å². The summed E-state index contributed by atoms with van der Waals surface area (Å²) in [5.41, 5.74) is 2.60. The topological polar surface area (TPSA) is 50.7 Å². The summed E-state index contributed by atoms with van der Waals surface area (Å²) < 4.78 is 10.4. The van der Waals surface area contributed by atoms with Crippen molar-refractivity contribution in [2.75, 3.05) is 19.5 Å². The van der Waals surface area contributed by atoms with Crippen LogP contribution in [0.3, 0.4) is 0 Å². The lowest BCUT2D eigenvalue weighted by Gasteiger charge is -2.12. The van der Waals surface area contributed by atoms with E-state index >= 15 is 0 Å². The normalized spacial score (nSPS) is 10.2. The fourth-order valence-corrected chi connectivity index (χ4v) is 1.97. The largest absolute Gasteiger partial charge is 0.507 e. The number of phenolic OH excluding ortho intramolecular Hbond substituents is 1. The Hall–Kier alpha value is -2.36. The van der Waals surface area contributed by atoms with E-state index in [2.05, 4.69) is 5.32 Å². The number of hydrogen-bond acceptors (Lipinski definition) is 4. The molecule has 0 radical (unpaired) electrons. The zero-order valence-electron chi connectivity index (χ0n) is 11.9. The molecule has 0 aliphatic heterocycles. The summed E-state index contributed by atoms with van der Waals surface area (Å²) in [4.78, 5) is 0. The van der Waals surface area contributed by atoms with Gasteiger partial charge in [0.2, 0.25) is 0 Å². The van der Waals surface area contributed by atoms with Crippen LogP contribution >= 0.6 is 0 Å². The summed E-state index contributed by atoms with van der Waals surface area (Å²) in [6.07, 6.45) is 0. The minimum Gasteiger partial charge on any atom is -0.507 e. The molecule has 0 spiro atoms. The molecular weight excluding hydrogens is 254 g/mol. The highest BCUT2D eigenvalue weighted by Gasteiger charge is 2.05. The molecule has 2 N–H and O–H groups in total. The zero-order valence-corrected chi connectivity index (χ0v) is 11.9. The van der Waals surface area contributed by atoms with Gasteiger partial charge >= 0.3 is 0 Å². The van der Waals surface area contributed by atoms with Crippen LogP contribution in [0.1, 0.15) is 11.1 Å². The summed E-state index contributed by atoms with van der Waals surface area (Å²) in [7, 11) is 3.23. The van der Waals surface area contributed by atoms with E-state index in [1.807, 2.05) is 43.3 Å². The molecule has 0 aliphatic carbocycles. The molecule has 0 aromatic heterocycles. The molecule has 4 nitrogen and oxygen atoms in total. The predicted octanol–water partition coefficient (Wildman–Crippen LogP) is 3.33. The highest BCUT2D eigenvalue weighted by molar-refractivity contribution is 5.54. The van der Waals surface area contributed by atoms with E-state index in [9.17, 15) is 5.11 Å². The number of para-hydroxylation sites is 1. The first-order valence-corrected chi connectivity index (χ1v) is 6.38. The lowest BCUT2D eigenvalue weighted by Crippen LogP contribution is -2.01. The van der Waals surface area contributed by atoms with Crippen LogP contribution < -0.4 is 14.8 Å². The van der Waals surface area contributed by atoms with Gasteiger partial charge in [-0.1, -0.05) is 18.2 Å². The Bertz CT molecular complexity index is 574. The number of ether oxygens (including phenoxy) is 2. The molecule has 0 amide bonds. The lowest BCUT2D eigenvalue weighted by atomic mass is 10.1. The van der Waals surface area contributed by atoms with Crippen molar-refractivity contribution in [2.45, 2.75) is 13.5 Å². The maximum atomic E-state index is 9.99. The van der Waals surface area contributed by atoms with Crippen molar-refractivity contribution in [1.82, 2.24) is 0 Å². The first-order valence-electron chi connectivity index (χ1n) is 6.38. The maximum Gasteiger partial charge on any atom is 0.124 e. The number of rotatable bonds is 5. The number of benzene rings is 2. The van der Waals surface area contributed by atoms with E-state index in [1.165, 1.54) is 0 Å². The van der Waals surface area contributed by atoms with Crippen LogP contribution in [-0.4, -0.2) is 19.3 Å². The van der Waals surface area contributed by atoms with Gasteiger partial charge in [0.05, 0.1) is 14.2 Å². The molecule has 20 heavy (non-hydrogen) atoms. The zero-order chi connectivity index (χ0) is 14.5. The summed E-state index contributed by atoms with van der Waals surface area (Å²) in [6.45, 7) is 2.41. The lowest BCUT2D eigenvalue weighted by molar-refractivity contribution is 0.394. The summed E-state index contributed by atoms with van der Waals surface area (Å²) in [6, 6.07) is 11.3. The van der Waals surface area contributed by atoms with Crippen LogP contribution in [0.2, 0.25) is 0 Å². The van der Waals surface area contributed by atoms with Crippen molar-refractivity contribution in [1.29, 1.82) is 0 Å². The molecular formula is C16H19NO3. The Morgan fingerprint density at radius 3 is 2.30 bits per heavy atom. The van der Waals surface area contributed by atoms with Crippen LogP contribution in [0.4, 0.5) is 5.69 Å². The molecule has 0 atom stereocenters. The smallest absolute Gasteiger partial charge is 0.124 e. The standard InChI is InChI=1S/C16H19NO3/c1-11-5-4-6-12(16(11)18)10-17-13-7-14(19-2)9-15(8-13)20-3/h4-9,17-18H,10H2,1-3H3. The van der Waals surface area contributed by atoms with Gasteiger partial charge in [-0.2, -0.15) is 0 Å².